The molecule has 0 saturated heterocycles. The summed E-state index contributed by atoms with van der Waals surface area (Å²) in [6.45, 7) is 4.57. The number of rotatable bonds is 26. The second-order valence-electron chi connectivity index (χ2n) is 18.5. The minimum Gasteiger partial charge on any atom is -0.392 e. The van der Waals surface area contributed by atoms with Gasteiger partial charge in [-0.25, -0.2) is 0 Å². The minimum absolute atomic E-state index is 0.0340. The third kappa shape index (κ3) is 18.2. The van der Waals surface area contributed by atoms with Crippen LogP contribution in [0.4, 0.5) is 46.8 Å². The summed E-state index contributed by atoms with van der Waals surface area (Å²) < 4.78 is 209. The fourth-order valence-electron chi connectivity index (χ4n) is 7.79. The van der Waals surface area contributed by atoms with Gasteiger partial charge in [0.1, 0.15) is 25.4 Å². The maximum atomic E-state index is 13.0. The first-order valence-corrected chi connectivity index (χ1v) is 32.4. The van der Waals surface area contributed by atoms with Crippen LogP contribution in [0.2, 0.25) is 0 Å². The summed E-state index contributed by atoms with van der Waals surface area (Å²) in [5.41, 5.74) is -2.12. The molecule has 2 aromatic heterocycles. The van der Waals surface area contributed by atoms with Gasteiger partial charge in [0.15, 0.2) is 0 Å². The predicted molar refractivity (Wildman–Crippen MR) is 297 cm³/mol. The molecule has 2 heterocycles. The number of hydrogen-bond acceptors (Lipinski definition) is 27. The highest BCUT2D eigenvalue weighted by Gasteiger charge is 2.27. The van der Waals surface area contributed by atoms with Crippen molar-refractivity contribution >= 4 is 120 Å². The van der Waals surface area contributed by atoms with Crippen molar-refractivity contribution in [3.05, 3.63) is 95.3 Å². The quantitative estimate of drug-likeness (QED) is 0.0271. The van der Waals surface area contributed by atoms with Gasteiger partial charge in [-0.05, 0) is 99.0 Å². The molecule has 84 heavy (non-hydrogen) atoms. The first-order chi connectivity index (χ1) is 38.6. The molecule has 4 aromatic carbocycles. The molecule has 39 heteroatoms. The van der Waals surface area contributed by atoms with E-state index < -0.39 is 150 Å². The first kappa shape index (κ1) is 66.1. The molecule has 0 aliphatic carbocycles. The largest absolute Gasteiger partial charge is 0.392 e. The van der Waals surface area contributed by atoms with Crippen LogP contribution in [0.25, 0.3) is 12.2 Å². The van der Waals surface area contributed by atoms with Crippen molar-refractivity contribution in [3.63, 3.8) is 0 Å². The monoisotopic (exact) mass is 1290 g/mol. The van der Waals surface area contributed by atoms with Gasteiger partial charge >= 0.3 is 0 Å². The average Bonchev–Trinajstić information content (AvgIpc) is 1.56. The van der Waals surface area contributed by atoms with Gasteiger partial charge in [-0.15, -0.1) is 0 Å². The third-order valence-electron chi connectivity index (χ3n) is 11.1. The van der Waals surface area contributed by atoms with E-state index >= 15 is 0 Å². The van der Waals surface area contributed by atoms with Crippen molar-refractivity contribution in [1.82, 2.24) is 29.9 Å². The van der Waals surface area contributed by atoms with Crippen molar-refractivity contribution < 1.29 is 98.2 Å². The zero-order chi connectivity index (χ0) is 62.7. The van der Waals surface area contributed by atoms with E-state index in [1.54, 1.807) is 0 Å². The molecule has 0 bridgehead atoms. The van der Waals surface area contributed by atoms with E-state index in [-0.39, 0.29) is 66.3 Å². The molecular formula is C45H53N11O22S6. The van der Waals surface area contributed by atoms with Crippen LogP contribution in [0, 0.1) is 0 Å². The Morgan fingerprint density at radius 1 is 0.417 bits per heavy atom. The van der Waals surface area contributed by atoms with Crippen molar-refractivity contribution in [2.45, 2.75) is 87.9 Å². The molecule has 0 spiro atoms. The Kier molecular flexibility index (Phi) is 20.2. The number of hydrogen-bond donors (Lipinski definition) is 13. The highest BCUT2D eigenvalue weighted by molar-refractivity contribution is 7.87. The topological polar surface area (TPSA) is 527 Å². The fraction of sp³-hybridized carbons (Fsp3) is 0.289. The Morgan fingerprint density at radius 2 is 0.786 bits per heavy atom. The van der Waals surface area contributed by atoms with Gasteiger partial charge in [-0.1, -0.05) is 30.4 Å². The van der Waals surface area contributed by atoms with Crippen LogP contribution >= 0.6 is 0 Å². The van der Waals surface area contributed by atoms with Crippen LogP contribution in [-0.4, -0.2) is 179 Å². The second kappa shape index (κ2) is 25.7. The summed E-state index contributed by atoms with van der Waals surface area (Å²) in [5.74, 6) is -2.56. The molecule has 4 unspecified atom stereocenters. The molecule has 0 fully saturated rings. The van der Waals surface area contributed by atoms with E-state index in [1.165, 1.54) is 49.6 Å². The predicted octanol–water partition coefficient (Wildman–Crippen LogP) is 1.66. The molecule has 456 valence electrons. The van der Waals surface area contributed by atoms with Crippen molar-refractivity contribution in [2.24, 2.45) is 0 Å². The van der Waals surface area contributed by atoms with Gasteiger partial charge in [0.05, 0.1) is 45.6 Å². The van der Waals surface area contributed by atoms with Crippen molar-refractivity contribution in [3.8, 4) is 0 Å². The number of anilines is 8. The van der Waals surface area contributed by atoms with Gasteiger partial charge in [-0.2, -0.15) is 80.4 Å². The molecular weight excluding hydrogens is 1240 g/mol. The SMILES string of the molecule is CC(O)CN(CC(C)O)c1nc(Cc2ccc(/C=C/c3ccc(Nc4nc(Nc5cc(S(=O)(=O)O)ccc5S(=O)(=O)O)nc(N(CC(C)O)CC(C)O)n4)cc3S(=O)(=O)O)c(S(=O)(=O)O)c2)nc(Nc2cc(S(=O)(=O)O)ccc2S(=O)(=O)O)n1. The van der Waals surface area contributed by atoms with E-state index in [4.69, 9.17) is 0 Å². The fourth-order valence-corrected chi connectivity index (χ4v) is 11.5. The Balaban J connectivity index is 1.41. The molecule has 0 saturated carbocycles. The highest BCUT2D eigenvalue weighted by Crippen LogP contribution is 2.32. The normalized spacial score (nSPS) is 14.2. The van der Waals surface area contributed by atoms with E-state index in [1.807, 2.05) is 0 Å². The maximum Gasteiger partial charge on any atom is 0.296 e. The highest BCUT2D eigenvalue weighted by atomic mass is 32.2. The lowest BCUT2D eigenvalue weighted by atomic mass is 10.1. The molecule has 6 rings (SSSR count). The van der Waals surface area contributed by atoms with E-state index in [0.29, 0.717) is 36.4 Å². The molecule has 0 aliphatic heterocycles. The number of nitrogens with one attached hydrogen (secondary N) is 3. The number of aliphatic hydroxyl groups excluding tert-OH is 4. The molecule has 13 N–H and O–H groups in total. The number of aromatic nitrogens is 6. The molecule has 6 aromatic rings. The Bertz CT molecular complexity index is 3930. The molecule has 0 amide bonds. The molecule has 4 atom stereocenters. The summed E-state index contributed by atoms with van der Waals surface area (Å²) in [7, 11) is -30.5. The van der Waals surface area contributed by atoms with Gasteiger partial charge in [0, 0.05) is 38.3 Å². The summed E-state index contributed by atoms with van der Waals surface area (Å²) >= 11 is 0. The molecule has 0 radical (unpaired) electrons. The van der Waals surface area contributed by atoms with Crippen LogP contribution in [0.1, 0.15) is 50.2 Å². The zero-order valence-electron chi connectivity index (χ0n) is 43.8. The number of aliphatic hydroxyl groups is 4. The third-order valence-corrected chi connectivity index (χ3v) is 16.4. The van der Waals surface area contributed by atoms with Gasteiger partial charge in [0.2, 0.25) is 29.7 Å². The van der Waals surface area contributed by atoms with Crippen LogP contribution in [0.15, 0.2) is 102 Å². The Morgan fingerprint density at radius 3 is 1.18 bits per heavy atom. The van der Waals surface area contributed by atoms with E-state index in [0.717, 1.165) is 36.4 Å². The van der Waals surface area contributed by atoms with Gasteiger partial charge in [0.25, 0.3) is 60.7 Å². The van der Waals surface area contributed by atoms with Crippen LogP contribution in [0.5, 0.6) is 0 Å². The zero-order valence-corrected chi connectivity index (χ0v) is 48.7. The minimum atomic E-state index is -5.20. The lowest BCUT2D eigenvalue weighted by Gasteiger charge is -2.26. The van der Waals surface area contributed by atoms with E-state index in [9.17, 15) is 98.2 Å². The number of benzene rings is 4. The summed E-state index contributed by atoms with van der Waals surface area (Å²) in [5, 5.41) is 48.7. The summed E-state index contributed by atoms with van der Waals surface area (Å²) in [4.78, 5) is 22.8. The molecule has 33 nitrogen and oxygen atoms in total. The Hall–Kier alpha value is -7.06. The summed E-state index contributed by atoms with van der Waals surface area (Å²) in [6, 6.07) is 10.5. The Labute approximate surface area is 480 Å². The van der Waals surface area contributed by atoms with E-state index in [2.05, 4.69) is 45.9 Å². The van der Waals surface area contributed by atoms with Gasteiger partial charge in [-0.3, -0.25) is 27.3 Å². The van der Waals surface area contributed by atoms with Crippen molar-refractivity contribution in [1.29, 1.82) is 0 Å². The second-order valence-corrected chi connectivity index (χ2v) is 26.9. The summed E-state index contributed by atoms with van der Waals surface area (Å²) in [6.07, 6.45) is -2.74. The standard InChI is InChI=1S/C45H53N11O22S6/c1-24(57)20-55(21-25(2)58)44-50-40(49-42(53-44)47-34-18-32(79(61,62)63)11-13-36(34)81(67,68)69)16-28-5-6-29(38(15-28)83(73,74)75)7-8-30-9-10-31(17-39(30)84(76,77)78)46-41-51-43(54-45(52-41)56(22-26(3)59)23-27(4)60)48-35-19-33(80(64,65)66)12-14-37(35)82(70,71)72/h5-15,17-19,24-27,57-60H,16,20-23H2,1-4H3,(H,61,62,63)(H,64,65,66)(H,67,68,69)(H,70,71,72)(H,73,74,75)(H,76,77,78)(H,47,49,50,53)(H2,46,48,51,52,54)/b8-7+. The molecule has 0 aliphatic rings. The smallest absolute Gasteiger partial charge is 0.296 e. The van der Waals surface area contributed by atoms with Crippen LogP contribution in [-0.2, 0) is 67.1 Å². The van der Waals surface area contributed by atoms with Crippen LogP contribution in [0.3, 0.4) is 0 Å². The first-order valence-electron chi connectivity index (χ1n) is 23.8. The lowest BCUT2D eigenvalue weighted by molar-refractivity contribution is 0.176. The average molecular weight is 1290 g/mol. The maximum absolute atomic E-state index is 13.0. The lowest BCUT2D eigenvalue weighted by Crippen LogP contribution is -2.38. The van der Waals surface area contributed by atoms with Crippen LogP contribution < -0.4 is 25.8 Å². The van der Waals surface area contributed by atoms with Crippen molar-refractivity contribution in [2.75, 3.05) is 51.9 Å². The number of nitrogens with zero attached hydrogens (tertiary/aromatic N) is 8. The van der Waals surface area contributed by atoms with Gasteiger partial charge < -0.3 is 46.2 Å².